The summed E-state index contributed by atoms with van der Waals surface area (Å²) in [7, 11) is 1.37. The van der Waals surface area contributed by atoms with Crippen LogP contribution in [-0.4, -0.2) is 50.9 Å². The van der Waals surface area contributed by atoms with E-state index in [0.29, 0.717) is 23.9 Å². The number of anilines is 1. The molecule has 8 nitrogen and oxygen atoms in total. The van der Waals surface area contributed by atoms with Gasteiger partial charge in [0.15, 0.2) is 5.82 Å². The number of hydrogen-bond donors (Lipinski definition) is 0. The SMILES string of the molecule is COC(=O)N1Cc2cc(Cl)ccc2-n2c(nnc2C2CC3(C2)CN(c2ccc(F)cn2)C3)C1. The van der Waals surface area contributed by atoms with E-state index >= 15 is 0 Å². The molecule has 1 aliphatic carbocycles. The lowest BCUT2D eigenvalue weighted by atomic mass is 9.57. The first-order chi connectivity index (χ1) is 15.9. The summed E-state index contributed by atoms with van der Waals surface area (Å²) in [6.45, 7) is 2.52. The van der Waals surface area contributed by atoms with Gasteiger partial charge in [-0.05, 0) is 48.7 Å². The molecule has 0 unspecified atom stereocenters. The first-order valence-electron chi connectivity index (χ1n) is 10.9. The van der Waals surface area contributed by atoms with Crippen molar-refractivity contribution >= 4 is 23.5 Å². The number of carbonyl (C=O) groups excluding carboxylic acids is 1. The van der Waals surface area contributed by atoms with Crippen LogP contribution < -0.4 is 4.90 Å². The van der Waals surface area contributed by atoms with E-state index in [9.17, 15) is 9.18 Å². The highest BCUT2D eigenvalue weighted by Gasteiger charge is 2.54. The Kier molecular flexibility index (Phi) is 4.58. The van der Waals surface area contributed by atoms with E-state index in [1.165, 1.54) is 19.4 Å². The number of ether oxygens (including phenoxy) is 1. The minimum atomic E-state index is -0.412. The Balaban J connectivity index is 1.25. The standard InChI is InChI=1S/C23H22ClFN6O2/c1-33-22(32)29-10-14-6-16(24)2-4-18(14)31-20(11-29)27-28-21(31)15-7-23(8-15)12-30(13-23)19-5-3-17(25)9-26-19/h2-6,9,15H,7-8,10-13H2,1H3. The average Bonchev–Trinajstić information content (AvgIpc) is 3.07. The van der Waals surface area contributed by atoms with Crippen LogP contribution in [0.3, 0.4) is 0 Å². The van der Waals surface area contributed by atoms with Crippen molar-refractivity contribution in [2.24, 2.45) is 5.41 Å². The van der Waals surface area contributed by atoms with Gasteiger partial charge in [-0.2, -0.15) is 0 Å². The zero-order valence-corrected chi connectivity index (χ0v) is 18.8. The predicted octanol–water partition coefficient (Wildman–Crippen LogP) is 3.92. The predicted molar refractivity (Wildman–Crippen MR) is 119 cm³/mol. The van der Waals surface area contributed by atoms with Gasteiger partial charge in [-0.3, -0.25) is 9.47 Å². The second-order valence-corrected chi connectivity index (χ2v) is 9.64. The molecule has 1 saturated heterocycles. The van der Waals surface area contributed by atoms with Crippen LogP contribution in [0.5, 0.6) is 0 Å². The van der Waals surface area contributed by atoms with Gasteiger partial charge in [0.1, 0.15) is 17.5 Å². The molecule has 170 valence electrons. The van der Waals surface area contributed by atoms with Crippen LogP contribution in [0.4, 0.5) is 15.0 Å². The van der Waals surface area contributed by atoms with Crippen LogP contribution in [0.15, 0.2) is 36.5 Å². The highest BCUT2D eigenvalue weighted by atomic mass is 35.5. The van der Waals surface area contributed by atoms with Crippen LogP contribution in [0.25, 0.3) is 5.69 Å². The van der Waals surface area contributed by atoms with E-state index in [1.54, 1.807) is 11.0 Å². The lowest BCUT2D eigenvalue weighted by molar-refractivity contribution is 0.0581. The lowest BCUT2D eigenvalue weighted by Gasteiger charge is -2.59. The van der Waals surface area contributed by atoms with E-state index in [1.807, 2.05) is 18.2 Å². The number of methoxy groups -OCH3 is 1. The van der Waals surface area contributed by atoms with Crippen molar-refractivity contribution in [3.8, 4) is 5.69 Å². The second kappa shape index (κ2) is 7.41. The van der Waals surface area contributed by atoms with Gasteiger partial charge in [-0.1, -0.05) is 11.6 Å². The largest absolute Gasteiger partial charge is 0.453 e. The monoisotopic (exact) mass is 468 g/mol. The molecule has 1 spiro atoms. The number of rotatable bonds is 2. The summed E-state index contributed by atoms with van der Waals surface area (Å²) in [6.07, 6.45) is 2.86. The zero-order valence-electron chi connectivity index (χ0n) is 18.0. The molecule has 33 heavy (non-hydrogen) atoms. The Morgan fingerprint density at radius 2 is 2.00 bits per heavy atom. The van der Waals surface area contributed by atoms with Gasteiger partial charge in [0.25, 0.3) is 0 Å². The Morgan fingerprint density at radius 1 is 1.18 bits per heavy atom. The summed E-state index contributed by atoms with van der Waals surface area (Å²) in [5.41, 5.74) is 2.12. The van der Waals surface area contributed by atoms with Crippen molar-refractivity contribution in [1.82, 2.24) is 24.6 Å². The molecular formula is C23H22ClFN6O2. The topological polar surface area (TPSA) is 76.4 Å². The van der Waals surface area contributed by atoms with Crippen molar-refractivity contribution in [3.05, 3.63) is 64.6 Å². The Morgan fingerprint density at radius 3 is 2.73 bits per heavy atom. The van der Waals surface area contributed by atoms with E-state index in [4.69, 9.17) is 16.3 Å². The van der Waals surface area contributed by atoms with Crippen molar-refractivity contribution < 1.29 is 13.9 Å². The smallest absolute Gasteiger partial charge is 0.410 e. The van der Waals surface area contributed by atoms with Gasteiger partial charge >= 0.3 is 6.09 Å². The zero-order chi connectivity index (χ0) is 22.7. The van der Waals surface area contributed by atoms with E-state index in [0.717, 1.165) is 48.8 Å². The summed E-state index contributed by atoms with van der Waals surface area (Å²) in [4.78, 5) is 20.3. The van der Waals surface area contributed by atoms with E-state index < -0.39 is 6.09 Å². The summed E-state index contributed by atoms with van der Waals surface area (Å²) >= 11 is 6.26. The molecule has 3 aliphatic rings. The molecule has 3 aromatic rings. The molecule has 4 heterocycles. The lowest BCUT2D eigenvalue weighted by Crippen LogP contribution is -2.62. The molecule has 2 aromatic heterocycles. The van der Waals surface area contributed by atoms with Gasteiger partial charge in [0.2, 0.25) is 0 Å². The van der Waals surface area contributed by atoms with Crippen LogP contribution >= 0.6 is 11.6 Å². The fourth-order valence-corrected chi connectivity index (χ4v) is 5.65. The van der Waals surface area contributed by atoms with Gasteiger partial charge < -0.3 is 9.64 Å². The number of aromatic nitrogens is 4. The molecule has 10 heteroatoms. The van der Waals surface area contributed by atoms with Crippen LogP contribution in [0, 0.1) is 11.2 Å². The molecular weight excluding hydrogens is 447 g/mol. The number of amides is 1. The minimum Gasteiger partial charge on any atom is -0.453 e. The number of fused-ring (bicyclic) bond motifs is 3. The van der Waals surface area contributed by atoms with Crippen molar-refractivity contribution in [3.63, 3.8) is 0 Å². The summed E-state index contributed by atoms with van der Waals surface area (Å²) in [5.74, 6) is 2.41. The molecule has 0 radical (unpaired) electrons. The number of benzene rings is 1. The van der Waals surface area contributed by atoms with Gasteiger partial charge in [-0.25, -0.2) is 14.2 Å². The molecule has 0 bridgehead atoms. The molecule has 0 atom stereocenters. The average molecular weight is 469 g/mol. The number of halogens is 2. The fraction of sp³-hybridized carbons (Fsp3) is 0.391. The minimum absolute atomic E-state index is 0.235. The van der Waals surface area contributed by atoms with Gasteiger partial charge in [0, 0.05) is 29.4 Å². The maximum atomic E-state index is 13.2. The Hall–Kier alpha value is -3.20. The number of carbonyl (C=O) groups is 1. The Bertz CT molecular complexity index is 1230. The Labute approximate surface area is 194 Å². The molecule has 0 N–H and O–H groups in total. The van der Waals surface area contributed by atoms with Crippen molar-refractivity contribution in [2.45, 2.75) is 31.8 Å². The molecule has 1 aromatic carbocycles. The normalized spacial score (nSPS) is 18.8. The van der Waals surface area contributed by atoms with E-state index in [2.05, 4.69) is 24.6 Å². The summed E-state index contributed by atoms with van der Waals surface area (Å²) in [6, 6.07) is 8.88. The summed E-state index contributed by atoms with van der Waals surface area (Å²) in [5, 5.41) is 9.61. The van der Waals surface area contributed by atoms with Gasteiger partial charge in [0.05, 0.1) is 32.1 Å². The first-order valence-corrected chi connectivity index (χ1v) is 11.2. The number of nitrogens with zero attached hydrogens (tertiary/aromatic N) is 6. The fourth-order valence-electron chi connectivity index (χ4n) is 5.46. The molecule has 2 aliphatic heterocycles. The summed E-state index contributed by atoms with van der Waals surface area (Å²) < 4.78 is 20.2. The maximum Gasteiger partial charge on any atom is 0.410 e. The van der Waals surface area contributed by atoms with Crippen LogP contribution in [0.1, 0.15) is 36.0 Å². The second-order valence-electron chi connectivity index (χ2n) is 9.20. The quantitative estimate of drug-likeness (QED) is 0.567. The number of hydrogen-bond acceptors (Lipinski definition) is 6. The van der Waals surface area contributed by atoms with E-state index in [-0.39, 0.29) is 17.2 Å². The molecule has 1 saturated carbocycles. The molecule has 1 amide bonds. The number of pyridine rings is 1. The van der Waals surface area contributed by atoms with Crippen molar-refractivity contribution in [1.29, 1.82) is 0 Å². The molecule has 6 rings (SSSR count). The molecule has 2 fully saturated rings. The van der Waals surface area contributed by atoms with Crippen molar-refractivity contribution in [2.75, 3.05) is 25.1 Å². The van der Waals surface area contributed by atoms with Crippen LogP contribution in [0.2, 0.25) is 5.02 Å². The third-order valence-electron chi connectivity index (χ3n) is 6.98. The van der Waals surface area contributed by atoms with Gasteiger partial charge in [-0.15, -0.1) is 10.2 Å². The first kappa shape index (κ1) is 20.4. The maximum absolute atomic E-state index is 13.2. The third-order valence-corrected chi connectivity index (χ3v) is 7.21. The highest BCUT2D eigenvalue weighted by Crippen LogP contribution is 2.56. The third kappa shape index (κ3) is 3.33. The highest BCUT2D eigenvalue weighted by molar-refractivity contribution is 6.30. The van der Waals surface area contributed by atoms with Crippen LogP contribution in [-0.2, 0) is 17.8 Å².